The number of piperidine rings is 1. The first kappa shape index (κ1) is 25.0. The quantitative estimate of drug-likeness (QED) is 0.255. The Kier molecular flexibility index (Phi) is 9.98. The van der Waals surface area contributed by atoms with Crippen molar-refractivity contribution >= 4 is 40.0 Å². The standard InChI is InChI=1S/C17H25F3N4O2S.HI/c1-21-16(22-11-5-8-14-6-3-2-4-7-14)23-15-9-12-24(13-10-15)27(25,26)17(18,19)20;/h2-4,6-7,15H,5,8-13H2,1H3,(H2,21,22,23);1H. The lowest BCUT2D eigenvalue weighted by molar-refractivity contribution is -0.0494. The van der Waals surface area contributed by atoms with Crippen LogP contribution in [-0.2, 0) is 16.4 Å². The van der Waals surface area contributed by atoms with Crippen molar-refractivity contribution in [2.75, 3.05) is 26.7 Å². The van der Waals surface area contributed by atoms with Crippen molar-refractivity contribution in [3.63, 3.8) is 0 Å². The van der Waals surface area contributed by atoms with Gasteiger partial charge in [-0.25, -0.2) is 8.42 Å². The predicted molar refractivity (Wildman–Crippen MR) is 114 cm³/mol. The molecule has 160 valence electrons. The zero-order valence-corrected chi connectivity index (χ0v) is 18.7. The van der Waals surface area contributed by atoms with Crippen LogP contribution in [0.1, 0.15) is 24.8 Å². The summed E-state index contributed by atoms with van der Waals surface area (Å²) in [6.07, 6.45) is 2.42. The van der Waals surface area contributed by atoms with E-state index in [0.717, 1.165) is 12.8 Å². The molecule has 28 heavy (non-hydrogen) atoms. The van der Waals surface area contributed by atoms with E-state index in [1.807, 2.05) is 18.2 Å². The molecule has 0 unspecified atom stereocenters. The van der Waals surface area contributed by atoms with Crippen molar-refractivity contribution in [1.29, 1.82) is 0 Å². The maximum Gasteiger partial charge on any atom is 0.511 e. The highest BCUT2D eigenvalue weighted by Crippen LogP contribution is 2.28. The Morgan fingerprint density at radius 3 is 2.36 bits per heavy atom. The molecule has 1 aliphatic rings. The van der Waals surface area contributed by atoms with Crippen LogP contribution in [0.4, 0.5) is 13.2 Å². The van der Waals surface area contributed by atoms with E-state index in [9.17, 15) is 21.6 Å². The normalized spacial score (nSPS) is 17.1. The van der Waals surface area contributed by atoms with Gasteiger partial charge in [0.25, 0.3) is 0 Å². The summed E-state index contributed by atoms with van der Waals surface area (Å²) in [5.41, 5.74) is -4.00. The summed E-state index contributed by atoms with van der Waals surface area (Å²) in [6, 6.07) is 9.97. The average molecular weight is 534 g/mol. The van der Waals surface area contributed by atoms with E-state index in [1.54, 1.807) is 7.05 Å². The minimum Gasteiger partial charge on any atom is -0.356 e. The maximum atomic E-state index is 12.6. The van der Waals surface area contributed by atoms with Crippen LogP contribution in [0.3, 0.4) is 0 Å². The first-order valence-corrected chi connectivity index (χ1v) is 10.3. The van der Waals surface area contributed by atoms with Gasteiger partial charge in [0.15, 0.2) is 5.96 Å². The SMILES string of the molecule is CN=C(NCCCc1ccccc1)NC1CCN(S(=O)(=O)C(F)(F)F)CC1.I. The number of rotatable bonds is 6. The van der Waals surface area contributed by atoms with Crippen LogP contribution in [-0.4, -0.2) is 56.9 Å². The van der Waals surface area contributed by atoms with Gasteiger partial charge < -0.3 is 10.6 Å². The predicted octanol–water partition coefficient (Wildman–Crippen LogP) is 2.72. The maximum absolute atomic E-state index is 12.6. The zero-order valence-electron chi connectivity index (χ0n) is 15.6. The van der Waals surface area contributed by atoms with Crippen molar-refractivity contribution in [2.24, 2.45) is 4.99 Å². The van der Waals surface area contributed by atoms with Crippen molar-refractivity contribution in [2.45, 2.75) is 37.2 Å². The third-order valence-corrected chi connectivity index (χ3v) is 6.06. The third kappa shape index (κ3) is 7.07. The molecular weight excluding hydrogens is 508 g/mol. The fourth-order valence-electron chi connectivity index (χ4n) is 2.92. The molecule has 0 saturated carbocycles. The molecule has 2 rings (SSSR count). The largest absolute Gasteiger partial charge is 0.511 e. The minimum absolute atomic E-state index is 0. The van der Waals surface area contributed by atoms with Gasteiger partial charge in [0.2, 0.25) is 0 Å². The topological polar surface area (TPSA) is 73.8 Å². The van der Waals surface area contributed by atoms with Crippen LogP contribution in [0.5, 0.6) is 0 Å². The van der Waals surface area contributed by atoms with Gasteiger partial charge in [-0.1, -0.05) is 30.3 Å². The lowest BCUT2D eigenvalue weighted by Gasteiger charge is -2.32. The second kappa shape index (κ2) is 11.2. The highest BCUT2D eigenvalue weighted by Gasteiger charge is 2.50. The Morgan fingerprint density at radius 1 is 1.21 bits per heavy atom. The molecule has 1 aliphatic heterocycles. The van der Waals surface area contributed by atoms with Crippen LogP contribution >= 0.6 is 24.0 Å². The third-order valence-electron chi connectivity index (χ3n) is 4.43. The molecule has 6 nitrogen and oxygen atoms in total. The molecule has 1 saturated heterocycles. The number of alkyl halides is 3. The number of nitrogens with one attached hydrogen (secondary N) is 2. The highest BCUT2D eigenvalue weighted by molar-refractivity contribution is 14.0. The molecule has 2 N–H and O–H groups in total. The van der Waals surface area contributed by atoms with Crippen LogP contribution in [0.2, 0.25) is 0 Å². The lowest BCUT2D eigenvalue weighted by Crippen LogP contribution is -2.51. The monoisotopic (exact) mass is 534 g/mol. The second-order valence-electron chi connectivity index (χ2n) is 6.36. The molecule has 1 heterocycles. The molecule has 1 aromatic rings. The molecule has 0 aromatic heterocycles. The van der Waals surface area contributed by atoms with Crippen molar-refractivity contribution in [3.05, 3.63) is 35.9 Å². The molecule has 0 atom stereocenters. The van der Waals surface area contributed by atoms with Gasteiger partial charge in [0.05, 0.1) is 0 Å². The van der Waals surface area contributed by atoms with E-state index >= 15 is 0 Å². The number of aryl methyl sites for hydroxylation is 1. The summed E-state index contributed by atoms with van der Waals surface area (Å²) in [7, 11) is -3.62. The molecule has 0 radical (unpaired) electrons. The highest BCUT2D eigenvalue weighted by atomic mass is 127. The summed E-state index contributed by atoms with van der Waals surface area (Å²) in [4.78, 5) is 4.12. The molecule has 0 spiro atoms. The van der Waals surface area contributed by atoms with Crippen molar-refractivity contribution in [3.8, 4) is 0 Å². The number of sulfonamides is 1. The molecule has 11 heteroatoms. The Balaban J connectivity index is 0.00000392. The number of guanidine groups is 1. The van der Waals surface area contributed by atoms with Gasteiger partial charge in [-0.05, 0) is 31.2 Å². The van der Waals surface area contributed by atoms with Crippen LogP contribution in [0.15, 0.2) is 35.3 Å². The van der Waals surface area contributed by atoms with E-state index in [0.29, 0.717) is 29.7 Å². The van der Waals surface area contributed by atoms with Gasteiger partial charge in [0, 0.05) is 32.7 Å². The zero-order chi connectivity index (χ0) is 19.9. The Labute approximate surface area is 181 Å². The van der Waals surface area contributed by atoms with Crippen LogP contribution in [0, 0.1) is 0 Å². The Morgan fingerprint density at radius 2 is 1.82 bits per heavy atom. The van der Waals surface area contributed by atoms with Gasteiger partial charge in [0.1, 0.15) is 0 Å². The van der Waals surface area contributed by atoms with Gasteiger partial charge >= 0.3 is 15.5 Å². The van der Waals surface area contributed by atoms with E-state index in [-0.39, 0.29) is 43.1 Å². The minimum atomic E-state index is -5.25. The number of aliphatic imine (C=N–C) groups is 1. The van der Waals surface area contributed by atoms with Gasteiger partial charge in [-0.2, -0.15) is 17.5 Å². The summed E-state index contributed by atoms with van der Waals surface area (Å²) in [5.74, 6) is 0.570. The lowest BCUT2D eigenvalue weighted by atomic mass is 10.1. The Hall–Kier alpha value is -1.08. The van der Waals surface area contributed by atoms with Gasteiger partial charge in [-0.3, -0.25) is 4.99 Å². The number of benzene rings is 1. The molecule has 0 bridgehead atoms. The van der Waals surface area contributed by atoms with Crippen molar-refractivity contribution < 1.29 is 21.6 Å². The van der Waals surface area contributed by atoms with E-state index in [4.69, 9.17) is 0 Å². The number of hydrogen-bond acceptors (Lipinski definition) is 3. The van der Waals surface area contributed by atoms with E-state index in [1.165, 1.54) is 5.56 Å². The summed E-state index contributed by atoms with van der Waals surface area (Å²) in [5, 5.41) is 6.33. The van der Waals surface area contributed by atoms with Crippen LogP contribution in [0.25, 0.3) is 0 Å². The Bertz CT molecular complexity index is 722. The summed E-state index contributed by atoms with van der Waals surface area (Å²) in [6.45, 7) is 0.380. The van der Waals surface area contributed by atoms with Gasteiger partial charge in [-0.15, -0.1) is 24.0 Å². The molecule has 0 aliphatic carbocycles. The van der Waals surface area contributed by atoms with E-state index in [2.05, 4.69) is 27.8 Å². The molecule has 1 fully saturated rings. The smallest absolute Gasteiger partial charge is 0.356 e. The summed E-state index contributed by atoms with van der Waals surface area (Å²) < 4.78 is 61.2. The number of hydrogen-bond donors (Lipinski definition) is 2. The fraction of sp³-hybridized carbons (Fsp3) is 0.588. The number of halogens is 4. The van der Waals surface area contributed by atoms with Crippen LogP contribution < -0.4 is 10.6 Å². The number of nitrogens with zero attached hydrogens (tertiary/aromatic N) is 2. The first-order valence-electron chi connectivity index (χ1n) is 8.81. The van der Waals surface area contributed by atoms with E-state index < -0.39 is 15.5 Å². The molecular formula is C17H26F3IN4O2S. The molecule has 1 aromatic carbocycles. The fourth-order valence-corrected chi connectivity index (χ4v) is 3.90. The first-order chi connectivity index (χ1) is 12.7. The second-order valence-corrected chi connectivity index (χ2v) is 8.29. The van der Waals surface area contributed by atoms with Crippen molar-refractivity contribution in [1.82, 2.24) is 14.9 Å². The molecule has 0 amide bonds. The average Bonchev–Trinajstić information content (AvgIpc) is 2.64. The summed E-state index contributed by atoms with van der Waals surface area (Å²) >= 11 is 0.